The van der Waals surface area contributed by atoms with Gasteiger partial charge in [-0.3, -0.25) is 14.4 Å². The molecule has 2 aromatic carbocycles. The molecule has 3 aromatic rings. The number of ketones is 1. The van der Waals surface area contributed by atoms with Gasteiger partial charge in [-0.05, 0) is 35.6 Å². The molecule has 1 aromatic heterocycles. The first kappa shape index (κ1) is 20.8. The van der Waals surface area contributed by atoms with Gasteiger partial charge < -0.3 is 15.0 Å². The zero-order valence-corrected chi connectivity index (χ0v) is 17.1. The molecule has 0 radical (unpaired) electrons. The van der Waals surface area contributed by atoms with E-state index in [2.05, 4.69) is 10.3 Å². The Kier molecular flexibility index (Phi) is 6.38. The Bertz CT molecular complexity index is 1130. The van der Waals surface area contributed by atoms with Crippen molar-refractivity contribution in [2.75, 3.05) is 0 Å². The molecule has 6 heteroatoms. The van der Waals surface area contributed by atoms with Crippen LogP contribution in [-0.4, -0.2) is 16.7 Å². The monoisotopic (exact) mass is 416 g/mol. The van der Waals surface area contributed by atoms with E-state index in [0.717, 1.165) is 23.1 Å². The molecule has 1 aliphatic rings. The van der Waals surface area contributed by atoms with Crippen LogP contribution < -0.4 is 10.9 Å². The lowest BCUT2D eigenvalue weighted by Gasteiger charge is -2.15. The van der Waals surface area contributed by atoms with E-state index in [1.807, 2.05) is 54.6 Å². The summed E-state index contributed by atoms with van der Waals surface area (Å²) < 4.78 is 5.73. The zero-order chi connectivity index (χ0) is 21.6. The number of hydrogen-bond acceptors (Lipinski definition) is 4. The molecule has 0 spiro atoms. The van der Waals surface area contributed by atoms with Gasteiger partial charge in [0.1, 0.15) is 5.56 Å². The Balaban J connectivity index is 1.32. The predicted molar refractivity (Wildman–Crippen MR) is 117 cm³/mol. The van der Waals surface area contributed by atoms with Gasteiger partial charge in [0.05, 0.1) is 13.2 Å². The van der Waals surface area contributed by atoms with Crippen LogP contribution in [0.25, 0.3) is 0 Å². The van der Waals surface area contributed by atoms with E-state index in [1.165, 1.54) is 6.07 Å². The number of aromatic nitrogens is 1. The number of Topliss-reactive ketones (excluding diaryl/α,β-unsaturated/α-hetero) is 1. The van der Waals surface area contributed by atoms with Gasteiger partial charge in [0, 0.05) is 24.2 Å². The molecule has 1 heterocycles. The van der Waals surface area contributed by atoms with E-state index in [1.54, 1.807) is 0 Å². The van der Waals surface area contributed by atoms with Crippen molar-refractivity contribution in [3.05, 3.63) is 105 Å². The van der Waals surface area contributed by atoms with E-state index in [4.69, 9.17) is 4.74 Å². The minimum absolute atomic E-state index is 0.0278. The molecule has 0 bridgehead atoms. The maximum atomic E-state index is 12.5. The second-order valence-electron chi connectivity index (χ2n) is 7.66. The summed E-state index contributed by atoms with van der Waals surface area (Å²) in [5, 5.41) is 2.76. The second kappa shape index (κ2) is 9.53. The van der Waals surface area contributed by atoms with Crippen molar-refractivity contribution in [3.63, 3.8) is 0 Å². The number of nitrogens with one attached hydrogen (secondary N) is 2. The van der Waals surface area contributed by atoms with Crippen LogP contribution in [0.15, 0.2) is 65.5 Å². The summed E-state index contributed by atoms with van der Waals surface area (Å²) in [6, 6.07) is 19.2. The molecule has 1 aliphatic carbocycles. The lowest BCUT2D eigenvalue weighted by atomic mass is 9.93. The average Bonchev–Trinajstić information content (AvgIpc) is 2.79. The van der Waals surface area contributed by atoms with Crippen LogP contribution >= 0.6 is 0 Å². The van der Waals surface area contributed by atoms with E-state index >= 15 is 0 Å². The molecular weight excluding hydrogens is 392 g/mol. The fourth-order valence-electron chi connectivity index (χ4n) is 3.64. The molecule has 0 saturated carbocycles. The molecule has 1 amide bonds. The summed E-state index contributed by atoms with van der Waals surface area (Å²) in [4.78, 5) is 39.5. The largest absolute Gasteiger partial charge is 0.372 e. The minimum atomic E-state index is -0.488. The molecular formula is C25H24N2O4. The molecule has 4 rings (SSSR count). The number of carbonyl (C=O) groups is 2. The van der Waals surface area contributed by atoms with Gasteiger partial charge in [-0.1, -0.05) is 54.6 Å². The molecule has 0 saturated heterocycles. The molecule has 0 fully saturated rings. The normalized spacial score (nSPS) is 13.0. The number of H-pyrrole nitrogens is 1. The Morgan fingerprint density at radius 2 is 1.58 bits per heavy atom. The van der Waals surface area contributed by atoms with Crippen molar-refractivity contribution in [2.45, 2.75) is 39.0 Å². The van der Waals surface area contributed by atoms with Gasteiger partial charge in [-0.2, -0.15) is 0 Å². The van der Waals surface area contributed by atoms with Crippen molar-refractivity contribution in [3.8, 4) is 0 Å². The quantitative estimate of drug-likeness (QED) is 0.617. The van der Waals surface area contributed by atoms with Gasteiger partial charge in [0.15, 0.2) is 5.78 Å². The first-order chi connectivity index (χ1) is 15.1. The Hall–Kier alpha value is -3.51. The van der Waals surface area contributed by atoms with Gasteiger partial charge >= 0.3 is 0 Å². The first-order valence-corrected chi connectivity index (χ1v) is 10.4. The number of rotatable bonds is 7. The molecule has 0 atom stereocenters. The smallest absolute Gasteiger partial charge is 0.261 e. The van der Waals surface area contributed by atoms with Crippen LogP contribution in [0.2, 0.25) is 0 Å². The molecule has 0 unspecified atom stereocenters. The number of hydrogen-bond donors (Lipinski definition) is 2. The third-order valence-electron chi connectivity index (χ3n) is 5.35. The summed E-state index contributed by atoms with van der Waals surface area (Å²) in [5.74, 6) is -0.519. The third-order valence-corrected chi connectivity index (χ3v) is 5.35. The van der Waals surface area contributed by atoms with Crippen molar-refractivity contribution < 1.29 is 14.3 Å². The number of amides is 1. The van der Waals surface area contributed by atoms with Crippen LogP contribution in [0.1, 0.15) is 55.9 Å². The second-order valence-corrected chi connectivity index (χ2v) is 7.66. The van der Waals surface area contributed by atoms with E-state index in [9.17, 15) is 14.4 Å². The number of aromatic amines is 1. The molecule has 6 nitrogen and oxygen atoms in total. The summed E-state index contributed by atoms with van der Waals surface area (Å²) in [6.45, 7) is 1.34. The summed E-state index contributed by atoms with van der Waals surface area (Å²) in [7, 11) is 0. The SMILES string of the molecule is O=C1CCCc2[nH]c(=O)c(C(=O)NCc3ccc(COCc4ccccc4)cc3)cc21. The van der Waals surface area contributed by atoms with Gasteiger partial charge in [0.25, 0.3) is 11.5 Å². The Labute approximate surface area is 180 Å². The highest BCUT2D eigenvalue weighted by molar-refractivity contribution is 6.01. The average molecular weight is 416 g/mol. The third kappa shape index (κ3) is 5.16. The van der Waals surface area contributed by atoms with Crippen LogP contribution in [0.4, 0.5) is 0 Å². The number of carbonyl (C=O) groups excluding carboxylic acids is 2. The number of aryl methyl sites for hydroxylation is 1. The van der Waals surface area contributed by atoms with Crippen molar-refractivity contribution in [1.29, 1.82) is 0 Å². The Morgan fingerprint density at radius 3 is 2.32 bits per heavy atom. The summed E-state index contributed by atoms with van der Waals surface area (Å²) in [5.41, 5.74) is 3.66. The van der Waals surface area contributed by atoms with E-state index in [0.29, 0.717) is 37.3 Å². The molecule has 31 heavy (non-hydrogen) atoms. The number of fused-ring (bicyclic) bond motifs is 1. The number of benzene rings is 2. The van der Waals surface area contributed by atoms with Gasteiger partial charge in [-0.15, -0.1) is 0 Å². The van der Waals surface area contributed by atoms with E-state index in [-0.39, 0.29) is 17.9 Å². The van der Waals surface area contributed by atoms with Crippen LogP contribution in [0.5, 0.6) is 0 Å². The van der Waals surface area contributed by atoms with Crippen molar-refractivity contribution in [2.24, 2.45) is 0 Å². The topological polar surface area (TPSA) is 88.3 Å². The fraction of sp³-hybridized carbons (Fsp3) is 0.240. The maximum absolute atomic E-state index is 12.5. The highest BCUT2D eigenvalue weighted by Gasteiger charge is 2.21. The molecule has 158 valence electrons. The summed E-state index contributed by atoms with van der Waals surface area (Å²) in [6.07, 6.45) is 1.82. The highest BCUT2D eigenvalue weighted by Crippen LogP contribution is 2.18. The van der Waals surface area contributed by atoms with Crippen LogP contribution in [0.3, 0.4) is 0 Å². The maximum Gasteiger partial charge on any atom is 0.261 e. The van der Waals surface area contributed by atoms with Crippen LogP contribution in [-0.2, 0) is 30.9 Å². The van der Waals surface area contributed by atoms with Crippen molar-refractivity contribution >= 4 is 11.7 Å². The van der Waals surface area contributed by atoms with Gasteiger partial charge in [-0.25, -0.2) is 0 Å². The minimum Gasteiger partial charge on any atom is -0.372 e. The first-order valence-electron chi connectivity index (χ1n) is 10.4. The predicted octanol–water partition coefficient (Wildman–Crippen LogP) is 3.54. The lowest BCUT2D eigenvalue weighted by Crippen LogP contribution is -2.31. The van der Waals surface area contributed by atoms with Gasteiger partial charge in [0.2, 0.25) is 0 Å². The van der Waals surface area contributed by atoms with Crippen molar-refractivity contribution in [1.82, 2.24) is 10.3 Å². The molecule has 2 N–H and O–H groups in total. The Morgan fingerprint density at radius 1 is 0.903 bits per heavy atom. The standard InChI is InChI=1S/C25H24N2O4/c28-23-8-4-7-22-20(23)13-21(25(30)27-22)24(29)26-14-17-9-11-19(12-10-17)16-31-15-18-5-2-1-3-6-18/h1-3,5-6,9-13H,4,7-8,14-16H2,(H,26,29)(H,27,30). The fourth-order valence-corrected chi connectivity index (χ4v) is 3.64. The van der Waals surface area contributed by atoms with Crippen LogP contribution in [0, 0.1) is 0 Å². The lowest BCUT2D eigenvalue weighted by molar-refractivity contribution is 0.0949. The number of ether oxygens (including phenoxy) is 1. The van der Waals surface area contributed by atoms with E-state index < -0.39 is 11.5 Å². The number of pyridine rings is 1. The zero-order valence-electron chi connectivity index (χ0n) is 17.1. The summed E-state index contributed by atoms with van der Waals surface area (Å²) >= 11 is 0. The highest BCUT2D eigenvalue weighted by atomic mass is 16.5. The molecule has 0 aliphatic heterocycles.